The minimum Gasteiger partial charge on any atom is -0.494 e. The van der Waals surface area contributed by atoms with Gasteiger partial charge in [0.05, 0.1) is 6.61 Å². The van der Waals surface area contributed by atoms with Crippen LogP contribution in [0.15, 0.2) is 35.5 Å². The van der Waals surface area contributed by atoms with Crippen LogP contribution in [0.5, 0.6) is 5.75 Å². The fourth-order valence-corrected chi connectivity index (χ4v) is 2.33. The van der Waals surface area contributed by atoms with Crippen molar-refractivity contribution in [1.82, 2.24) is 0 Å². The van der Waals surface area contributed by atoms with Crippen LogP contribution >= 0.6 is 0 Å². The minimum absolute atomic E-state index is 0.0237. The van der Waals surface area contributed by atoms with Crippen molar-refractivity contribution in [2.45, 2.75) is 51.6 Å². The Morgan fingerprint density at radius 3 is 2.71 bits per heavy atom. The Morgan fingerprint density at radius 2 is 2.00 bits per heavy atom. The third-order valence-corrected chi connectivity index (χ3v) is 3.57. The molecule has 0 spiro atoms. The molecule has 0 saturated heterocycles. The fraction of sp³-hybridized carbons (Fsp3) is 0.529. The summed E-state index contributed by atoms with van der Waals surface area (Å²) in [5.41, 5.74) is 0.580. The van der Waals surface area contributed by atoms with Crippen molar-refractivity contribution in [3.63, 3.8) is 0 Å². The highest BCUT2D eigenvalue weighted by atomic mass is 16.6. The number of ketones is 1. The van der Waals surface area contributed by atoms with Crippen LogP contribution in [0.25, 0.3) is 0 Å². The van der Waals surface area contributed by atoms with E-state index in [-0.39, 0.29) is 11.9 Å². The van der Waals surface area contributed by atoms with Crippen LogP contribution in [0.2, 0.25) is 0 Å². The number of benzene rings is 1. The molecule has 1 aromatic carbocycles. The highest BCUT2D eigenvalue weighted by Crippen LogP contribution is 2.18. The van der Waals surface area contributed by atoms with Crippen molar-refractivity contribution in [1.29, 1.82) is 0 Å². The molecule has 0 radical (unpaired) electrons. The van der Waals surface area contributed by atoms with Crippen LogP contribution in [-0.2, 0) is 9.63 Å². The van der Waals surface area contributed by atoms with Crippen LogP contribution in [-0.4, -0.2) is 24.2 Å². The van der Waals surface area contributed by atoms with E-state index in [9.17, 15) is 4.79 Å². The maximum Gasteiger partial charge on any atom is 0.177 e. The van der Waals surface area contributed by atoms with E-state index in [0.29, 0.717) is 12.1 Å². The second kappa shape index (κ2) is 8.45. The van der Waals surface area contributed by atoms with Gasteiger partial charge in [-0.3, -0.25) is 4.79 Å². The molecule has 1 unspecified atom stereocenters. The summed E-state index contributed by atoms with van der Waals surface area (Å²) >= 11 is 0. The first-order valence-electron chi connectivity index (χ1n) is 7.67. The van der Waals surface area contributed by atoms with Gasteiger partial charge in [0.2, 0.25) is 0 Å². The highest BCUT2D eigenvalue weighted by Gasteiger charge is 2.22. The number of carbonyl (C=O) groups excluding carboxylic acids is 1. The second-order valence-corrected chi connectivity index (χ2v) is 5.39. The van der Waals surface area contributed by atoms with Gasteiger partial charge in [-0.25, -0.2) is 0 Å². The van der Waals surface area contributed by atoms with Crippen molar-refractivity contribution < 1.29 is 14.4 Å². The number of ether oxygens (including phenoxy) is 1. The lowest BCUT2D eigenvalue weighted by Crippen LogP contribution is -2.12. The molecule has 0 saturated carbocycles. The minimum atomic E-state index is 0.0237. The van der Waals surface area contributed by atoms with Gasteiger partial charge in [-0.05, 0) is 31.4 Å². The maximum absolute atomic E-state index is 11.1. The predicted molar refractivity (Wildman–Crippen MR) is 82.6 cm³/mol. The molecule has 0 bridgehead atoms. The third-order valence-electron chi connectivity index (χ3n) is 3.57. The number of hydrogen-bond acceptors (Lipinski definition) is 4. The van der Waals surface area contributed by atoms with Gasteiger partial charge in [-0.15, -0.1) is 0 Å². The molecule has 1 heterocycles. The molecular formula is C17H23NO3. The molecule has 4 heteroatoms. The summed E-state index contributed by atoms with van der Waals surface area (Å²) in [7, 11) is 0. The fourth-order valence-electron chi connectivity index (χ4n) is 2.33. The van der Waals surface area contributed by atoms with E-state index in [1.807, 2.05) is 30.3 Å². The Hall–Kier alpha value is -1.84. The first kappa shape index (κ1) is 15.5. The summed E-state index contributed by atoms with van der Waals surface area (Å²) in [6, 6.07) is 9.90. The number of carbonyl (C=O) groups is 1. The van der Waals surface area contributed by atoms with E-state index >= 15 is 0 Å². The van der Waals surface area contributed by atoms with Gasteiger partial charge < -0.3 is 9.57 Å². The van der Waals surface area contributed by atoms with E-state index in [0.717, 1.165) is 44.5 Å². The number of unbranched alkanes of at least 4 members (excludes halogenated alkanes) is 3. The lowest BCUT2D eigenvalue weighted by atomic mass is 10.0. The van der Waals surface area contributed by atoms with Crippen LogP contribution < -0.4 is 4.74 Å². The summed E-state index contributed by atoms with van der Waals surface area (Å²) in [4.78, 5) is 16.4. The molecule has 1 atom stereocenters. The van der Waals surface area contributed by atoms with E-state index in [2.05, 4.69) is 5.16 Å². The molecule has 0 aromatic heterocycles. The Kier molecular flexibility index (Phi) is 6.25. The number of rotatable bonds is 9. The quantitative estimate of drug-likeness (QED) is 0.650. The topological polar surface area (TPSA) is 47.9 Å². The zero-order valence-corrected chi connectivity index (χ0v) is 12.6. The van der Waals surface area contributed by atoms with Gasteiger partial charge in [0.1, 0.15) is 17.6 Å². The standard InChI is InChI=1S/C17H23NO3/c1-14(19)17-13-16(21-18-17)11-5-2-3-8-12-20-15-9-6-4-7-10-15/h4,6-7,9-10,16H,2-3,5,8,11-13H2,1H3. The molecule has 1 aliphatic rings. The summed E-state index contributed by atoms with van der Waals surface area (Å²) in [6.45, 7) is 2.30. The molecule has 0 amide bonds. The average Bonchev–Trinajstić information content (AvgIpc) is 2.96. The number of para-hydroxylation sites is 1. The molecule has 114 valence electrons. The second-order valence-electron chi connectivity index (χ2n) is 5.39. The van der Waals surface area contributed by atoms with Crippen molar-refractivity contribution in [3.8, 4) is 5.75 Å². The van der Waals surface area contributed by atoms with Gasteiger partial charge in [-0.1, -0.05) is 36.2 Å². The number of nitrogens with zero attached hydrogens (tertiary/aromatic N) is 1. The van der Waals surface area contributed by atoms with Crippen molar-refractivity contribution in [2.75, 3.05) is 6.61 Å². The van der Waals surface area contributed by atoms with Gasteiger partial charge >= 0.3 is 0 Å². The largest absolute Gasteiger partial charge is 0.494 e. The van der Waals surface area contributed by atoms with E-state index in [4.69, 9.17) is 9.57 Å². The average molecular weight is 289 g/mol. The molecule has 0 N–H and O–H groups in total. The lowest BCUT2D eigenvalue weighted by Gasteiger charge is -2.08. The first-order chi connectivity index (χ1) is 10.3. The zero-order valence-electron chi connectivity index (χ0n) is 12.6. The van der Waals surface area contributed by atoms with Crippen LogP contribution in [0.1, 0.15) is 45.4 Å². The lowest BCUT2D eigenvalue weighted by molar-refractivity contribution is -0.111. The summed E-state index contributed by atoms with van der Waals surface area (Å²) < 4.78 is 5.65. The Morgan fingerprint density at radius 1 is 1.24 bits per heavy atom. The van der Waals surface area contributed by atoms with Gasteiger partial charge in [0, 0.05) is 13.3 Å². The highest BCUT2D eigenvalue weighted by molar-refractivity contribution is 6.39. The number of hydrogen-bond donors (Lipinski definition) is 0. The molecule has 4 nitrogen and oxygen atoms in total. The molecule has 1 aliphatic heterocycles. The summed E-state index contributed by atoms with van der Waals surface area (Å²) in [5, 5.41) is 3.83. The van der Waals surface area contributed by atoms with Gasteiger partial charge in [-0.2, -0.15) is 0 Å². The SMILES string of the molecule is CC(=O)C1=NOC(CCCCCCOc2ccccc2)C1. The summed E-state index contributed by atoms with van der Waals surface area (Å²) in [5.74, 6) is 0.960. The normalized spacial score (nSPS) is 17.2. The smallest absolute Gasteiger partial charge is 0.177 e. The van der Waals surface area contributed by atoms with Crippen molar-refractivity contribution >= 4 is 11.5 Å². The number of Topliss-reactive ketones (excluding diaryl/α,β-unsaturated/α-hetero) is 1. The van der Waals surface area contributed by atoms with Crippen LogP contribution in [0.3, 0.4) is 0 Å². The molecule has 1 aromatic rings. The third kappa shape index (κ3) is 5.58. The van der Waals surface area contributed by atoms with Crippen LogP contribution in [0.4, 0.5) is 0 Å². The van der Waals surface area contributed by atoms with Crippen molar-refractivity contribution in [2.24, 2.45) is 5.16 Å². The number of oxime groups is 1. The zero-order chi connectivity index (χ0) is 14.9. The summed E-state index contributed by atoms with van der Waals surface area (Å²) in [6.07, 6.45) is 6.23. The first-order valence-corrected chi connectivity index (χ1v) is 7.67. The monoisotopic (exact) mass is 289 g/mol. The molecule has 21 heavy (non-hydrogen) atoms. The Balaban J connectivity index is 1.45. The molecule has 0 aliphatic carbocycles. The van der Waals surface area contributed by atoms with E-state index < -0.39 is 0 Å². The van der Waals surface area contributed by atoms with Gasteiger partial charge in [0.25, 0.3) is 0 Å². The predicted octanol–water partition coefficient (Wildman–Crippen LogP) is 3.75. The van der Waals surface area contributed by atoms with E-state index in [1.165, 1.54) is 6.92 Å². The molecule has 2 rings (SSSR count). The van der Waals surface area contributed by atoms with Gasteiger partial charge in [0.15, 0.2) is 5.78 Å². The maximum atomic E-state index is 11.1. The molecular weight excluding hydrogens is 266 g/mol. The van der Waals surface area contributed by atoms with Crippen LogP contribution in [0, 0.1) is 0 Å². The van der Waals surface area contributed by atoms with Crippen molar-refractivity contribution in [3.05, 3.63) is 30.3 Å². The Labute approximate surface area is 126 Å². The van der Waals surface area contributed by atoms with E-state index in [1.54, 1.807) is 0 Å². The molecule has 0 fully saturated rings. The Bertz CT molecular complexity index is 470.